The number of rotatable bonds is 15. The Morgan fingerprint density at radius 3 is 2.31 bits per heavy atom. The van der Waals surface area contributed by atoms with E-state index in [0.29, 0.717) is 31.1 Å². The molecule has 0 aliphatic carbocycles. The summed E-state index contributed by atoms with van der Waals surface area (Å²) < 4.78 is 11.0. The third kappa shape index (κ3) is 9.62. The SMILES string of the molecule is CCCCCN(CCOc1ccc(CC(OCC)C(=O)O)cc1)C(=O)Nc1ccc([N+](=O)[O-])cc1. The van der Waals surface area contributed by atoms with Gasteiger partial charge in [0.2, 0.25) is 0 Å². The minimum atomic E-state index is -0.998. The average molecular weight is 488 g/mol. The van der Waals surface area contributed by atoms with E-state index in [1.54, 1.807) is 36.1 Å². The van der Waals surface area contributed by atoms with E-state index < -0.39 is 17.0 Å². The first-order valence-corrected chi connectivity index (χ1v) is 11.7. The number of anilines is 1. The lowest BCUT2D eigenvalue weighted by Gasteiger charge is -2.23. The van der Waals surface area contributed by atoms with Gasteiger partial charge in [0.15, 0.2) is 6.10 Å². The predicted octanol–water partition coefficient (Wildman–Crippen LogP) is 4.73. The number of amides is 2. The van der Waals surface area contributed by atoms with Crippen molar-refractivity contribution in [3.8, 4) is 5.75 Å². The van der Waals surface area contributed by atoms with Gasteiger partial charge >= 0.3 is 12.0 Å². The Bertz CT molecular complexity index is 949. The number of carboxylic acid groups (broad SMARTS) is 1. The first kappa shape index (κ1) is 27.6. The molecule has 190 valence electrons. The number of ether oxygens (including phenoxy) is 2. The van der Waals surface area contributed by atoms with E-state index in [1.165, 1.54) is 24.3 Å². The van der Waals surface area contributed by atoms with Gasteiger partial charge in [0.1, 0.15) is 12.4 Å². The number of non-ortho nitro benzene ring substituents is 1. The number of carboxylic acids is 1. The lowest BCUT2D eigenvalue weighted by molar-refractivity contribution is -0.384. The molecule has 0 saturated carbocycles. The minimum absolute atomic E-state index is 0.0430. The Morgan fingerprint density at radius 1 is 1.06 bits per heavy atom. The number of nitro benzene ring substituents is 1. The maximum absolute atomic E-state index is 12.8. The van der Waals surface area contributed by atoms with Crippen molar-refractivity contribution in [2.45, 2.75) is 45.6 Å². The quantitative estimate of drug-likeness (QED) is 0.211. The zero-order valence-electron chi connectivity index (χ0n) is 20.1. The van der Waals surface area contributed by atoms with Crippen LogP contribution < -0.4 is 10.1 Å². The van der Waals surface area contributed by atoms with Crippen molar-refractivity contribution < 1.29 is 29.1 Å². The van der Waals surface area contributed by atoms with Crippen LogP contribution in [0.25, 0.3) is 0 Å². The molecule has 1 unspecified atom stereocenters. The van der Waals surface area contributed by atoms with Gasteiger partial charge in [0, 0.05) is 37.4 Å². The minimum Gasteiger partial charge on any atom is -0.492 e. The third-order valence-electron chi connectivity index (χ3n) is 5.27. The lowest BCUT2D eigenvalue weighted by Crippen LogP contribution is -2.38. The Morgan fingerprint density at radius 2 is 1.74 bits per heavy atom. The molecule has 0 fully saturated rings. The number of hydrogen-bond acceptors (Lipinski definition) is 6. The van der Waals surface area contributed by atoms with Crippen LogP contribution in [0.4, 0.5) is 16.2 Å². The van der Waals surface area contributed by atoms with Crippen LogP contribution in [0.15, 0.2) is 48.5 Å². The van der Waals surface area contributed by atoms with Crippen LogP contribution in [0.1, 0.15) is 38.7 Å². The van der Waals surface area contributed by atoms with E-state index in [9.17, 15) is 24.8 Å². The lowest BCUT2D eigenvalue weighted by atomic mass is 10.1. The van der Waals surface area contributed by atoms with E-state index in [-0.39, 0.29) is 24.7 Å². The number of unbranched alkanes of at least 4 members (excludes halogenated alkanes) is 2. The summed E-state index contributed by atoms with van der Waals surface area (Å²) in [5, 5.41) is 22.8. The molecule has 0 aliphatic heterocycles. The van der Waals surface area contributed by atoms with Gasteiger partial charge in [-0.1, -0.05) is 31.9 Å². The average Bonchev–Trinajstić information content (AvgIpc) is 2.84. The number of nitro groups is 1. The molecule has 1 atom stereocenters. The predicted molar refractivity (Wildman–Crippen MR) is 132 cm³/mol. The standard InChI is InChI=1S/C25H33N3O7/c1-3-5-6-15-27(25(31)26-20-9-11-21(12-10-20)28(32)33)16-17-35-22-13-7-19(8-14-22)18-23(24(29)30)34-4-2/h7-14,23H,3-6,15-18H2,1-2H3,(H,26,31)(H,29,30). The largest absolute Gasteiger partial charge is 0.492 e. The number of carbonyl (C=O) groups is 2. The fourth-order valence-electron chi connectivity index (χ4n) is 3.36. The first-order valence-electron chi connectivity index (χ1n) is 11.7. The highest BCUT2D eigenvalue weighted by Crippen LogP contribution is 2.17. The second-order valence-corrected chi connectivity index (χ2v) is 7.91. The number of nitrogens with zero attached hydrogens (tertiary/aromatic N) is 2. The molecule has 10 nitrogen and oxygen atoms in total. The van der Waals surface area contributed by atoms with Crippen molar-refractivity contribution in [3.63, 3.8) is 0 Å². The smallest absolute Gasteiger partial charge is 0.333 e. The van der Waals surface area contributed by atoms with Crippen molar-refractivity contribution in [2.75, 3.05) is 31.6 Å². The van der Waals surface area contributed by atoms with E-state index in [0.717, 1.165) is 24.8 Å². The number of aliphatic carboxylic acids is 1. The summed E-state index contributed by atoms with van der Waals surface area (Å²) in [4.78, 5) is 36.0. The zero-order valence-corrected chi connectivity index (χ0v) is 20.1. The zero-order chi connectivity index (χ0) is 25.6. The molecule has 0 bridgehead atoms. The van der Waals surface area contributed by atoms with Gasteiger partial charge in [0.05, 0.1) is 11.5 Å². The highest BCUT2D eigenvalue weighted by atomic mass is 16.6. The van der Waals surface area contributed by atoms with Crippen LogP contribution in [-0.4, -0.2) is 59.3 Å². The normalized spacial score (nSPS) is 11.5. The van der Waals surface area contributed by atoms with Gasteiger partial charge in [0.25, 0.3) is 5.69 Å². The molecule has 35 heavy (non-hydrogen) atoms. The monoisotopic (exact) mass is 487 g/mol. The van der Waals surface area contributed by atoms with Crippen molar-refractivity contribution in [1.82, 2.24) is 4.90 Å². The van der Waals surface area contributed by atoms with Crippen molar-refractivity contribution in [2.24, 2.45) is 0 Å². The molecular weight excluding hydrogens is 454 g/mol. The third-order valence-corrected chi connectivity index (χ3v) is 5.27. The summed E-state index contributed by atoms with van der Waals surface area (Å²) in [6.07, 6.45) is 2.23. The Hall–Kier alpha value is -3.66. The molecule has 0 radical (unpaired) electrons. The number of nitrogens with one attached hydrogen (secondary N) is 1. The van der Waals surface area contributed by atoms with Crippen molar-refractivity contribution >= 4 is 23.4 Å². The number of hydrogen-bond donors (Lipinski definition) is 2. The van der Waals surface area contributed by atoms with Crippen LogP contribution in [-0.2, 0) is 16.0 Å². The summed E-state index contributed by atoms with van der Waals surface area (Å²) in [6, 6.07) is 12.5. The second-order valence-electron chi connectivity index (χ2n) is 7.91. The molecule has 0 aromatic heterocycles. The van der Waals surface area contributed by atoms with Crippen molar-refractivity contribution in [1.29, 1.82) is 0 Å². The molecular formula is C25H33N3O7. The topological polar surface area (TPSA) is 131 Å². The summed E-state index contributed by atoms with van der Waals surface area (Å²) in [5.74, 6) is -0.385. The van der Waals surface area contributed by atoms with Crippen molar-refractivity contribution in [3.05, 3.63) is 64.2 Å². The number of benzene rings is 2. The van der Waals surface area contributed by atoms with Gasteiger partial charge in [-0.25, -0.2) is 9.59 Å². The molecule has 2 amide bonds. The molecule has 10 heteroatoms. The summed E-state index contributed by atoms with van der Waals surface area (Å²) in [7, 11) is 0. The molecule has 2 aromatic rings. The Balaban J connectivity index is 1.91. The number of urea groups is 1. The van der Waals surface area contributed by atoms with Crippen LogP contribution in [0.5, 0.6) is 5.75 Å². The maximum Gasteiger partial charge on any atom is 0.333 e. The van der Waals surface area contributed by atoms with Gasteiger partial charge in [-0.15, -0.1) is 0 Å². The Kier molecular flexibility index (Phi) is 11.5. The van der Waals surface area contributed by atoms with Crippen LogP contribution in [0.3, 0.4) is 0 Å². The molecule has 0 spiro atoms. The van der Waals surface area contributed by atoms with Gasteiger partial charge in [-0.05, 0) is 43.2 Å². The summed E-state index contributed by atoms with van der Waals surface area (Å²) in [5.41, 5.74) is 1.25. The molecule has 0 saturated heterocycles. The van der Waals surface area contributed by atoms with E-state index in [1.807, 2.05) is 0 Å². The summed E-state index contributed by atoms with van der Waals surface area (Å²) >= 11 is 0. The van der Waals surface area contributed by atoms with Crippen LogP contribution in [0, 0.1) is 10.1 Å². The molecule has 0 heterocycles. The fraction of sp³-hybridized carbons (Fsp3) is 0.440. The highest BCUT2D eigenvalue weighted by Gasteiger charge is 2.18. The highest BCUT2D eigenvalue weighted by molar-refractivity contribution is 5.89. The van der Waals surface area contributed by atoms with Crippen LogP contribution in [0.2, 0.25) is 0 Å². The molecule has 2 aromatic carbocycles. The van der Waals surface area contributed by atoms with Gasteiger partial charge < -0.3 is 24.8 Å². The first-order chi connectivity index (χ1) is 16.8. The van der Waals surface area contributed by atoms with Crippen LogP contribution >= 0.6 is 0 Å². The molecule has 2 N–H and O–H groups in total. The van der Waals surface area contributed by atoms with E-state index >= 15 is 0 Å². The fourth-order valence-corrected chi connectivity index (χ4v) is 3.36. The van der Waals surface area contributed by atoms with Gasteiger partial charge in [-0.3, -0.25) is 10.1 Å². The Labute approximate surface area is 205 Å². The summed E-state index contributed by atoms with van der Waals surface area (Å²) in [6.45, 7) is 5.35. The molecule has 0 aliphatic rings. The van der Waals surface area contributed by atoms with Gasteiger partial charge in [-0.2, -0.15) is 0 Å². The van der Waals surface area contributed by atoms with E-state index in [2.05, 4.69) is 12.2 Å². The maximum atomic E-state index is 12.8. The van der Waals surface area contributed by atoms with E-state index in [4.69, 9.17) is 9.47 Å². The molecule has 2 rings (SSSR count). The number of carbonyl (C=O) groups excluding carboxylic acids is 1. The second kappa shape index (κ2) is 14.6.